The Morgan fingerprint density at radius 1 is 1.00 bits per heavy atom. The molecule has 1 aliphatic heterocycles. The first-order valence-corrected chi connectivity index (χ1v) is 8.19. The molecule has 0 bridgehead atoms. The zero-order chi connectivity index (χ0) is 15.0. The molecule has 2 aromatic heterocycles. The molecule has 0 atom stereocenters. The van der Waals surface area contributed by atoms with Crippen molar-refractivity contribution in [3.8, 4) is 0 Å². The van der Waals surface area contributed by atoms with Gasteiger partial charge < -0.3 is 9.32 Å². The molecule has 0 aromatic carbocycles. The third kappa shape index (κ3) is 3.11. The Morgan fingerprint density at radius 2 is 1.71 bits per heavy atom. The minimum absolute atomic E-state index is 0.804. The summed E-state index contributed by atoms with van der Waals surface area (Å²) in [5.41, 5.74) is 2.15. The lowest BCUT2D eigenvalue weighted by molar-refractivity contribution is 0.225. The van der Waals surface area contributed by atoms with E-state index in [9.17, 15) is 0 Å². The number of thiazole rings is 1. The Kier molecular flexibility index (Phi) is 3.99. The number of hydrogen-bond donors (Lipinski definition) is 0. The minimum atomic E-state index is 0.804. The van der Waals surface area contributed by atoms with E-state index >= 15 is 0 Å². The Morgan fingerprint density at radius 3 is 2.24 bits per heavy atom. The molecule has 3 heterocycles. The van der Waals surface area contributed by atoms with E-state index in [2.05, 4.69) is 33.6 Å². The highest BCUT2D eigenvalue weighted by molar-refractivity contribution is 7.15. The van der Waals surface area contributed by atoms with Crippen molar-refractivity contribution in [2.45, 2.75) is 34.2 Å². The van der Waals surface area contributed by atoms with Gasteiger partial charge in [-0.1, -0.05) is 0 Å². The second-order valence-electron chi connectivity index (χ2n) is 5.65. The molecule has 0 aliphatic carbocycles. The van der Waals surface area contributed by atoms with E-state index in [-0.39, 0.29) is 0 Å². The lowest BCUT2D eigenvalue weighted by atomic mass is 10.3. The molecule has 1 fully saturated rings. The molecular weight excluding hydrogens is 284 g/mol. The van der Waals surface area contributed by atoms with Crippen molar-refractivity contribution in [2.75, 3.05) is 31.1 Å². The Labute approximate surface area is 129 Å². The van der Waals surface area contributed by atoms with E-state index in [0.717, 1.165) is 60.9 Å². The SMILES string of the molecule is Cc1nc(CN2CCN(c3nc(C)c(C)s3)CC2)oc1C. The smallest absolute Gasteiger partial charge is 0.208 e. The third-order valence-electron chi connectivity index (χ3n) is 4.09. The molecule has 21 heavy (non-hydrogen) atoms. The van der Waals surface area contributed by atoms with Crippen LogP contribution in [0.2, 0.25) is 0 Å². The van der Waals surface area contributed by atoms with Gasteiger partial charge >= 0.3 is 0 Å². The van der Waals surface area contributed by atoms with Gasteiger partial charge in [0.15, 0.2) is 5.13 Å². The number of piperazine rings is 1. The van der Waals surface area contributed by atoms with Crippen molar-refractivity contribution in [2.24, 2.45) is 0 Å². The van der Waals surface area contributed by atoms with Gasteiger partial charge in [-0.15, -0.1) is 11.3 Å². The van der Waals surface area contributed by atoms with Gasteiger partial charge in [0.25, 0.3) is 0 Å². The normalized spacial score (nSPS) is 16.7. The van der Waals surface area contributed by atoms with E-state index in [1.807, 2.05) is 13.8 Å². The number of oxazole rings is 1. The molecule has 0 amide bonds. The average molecular weight is 306 g/mol. The van der Waals surface area contributed by atoms with Crippen LogP contribution in [0.15, 0.2) is 4.42 Å². The first kappa shape index (κ1) is 14.5. The molecule has 0 radical (unpaired) electrons. The maximum Gasteiger partial charge on any atom is 0.208 e. The lowest BCUT2D eigenvalue weighted by Gasteiger charge is -2.33. The van der Waals surface area contributed by atoms with Crippen LogP contribution >= 0.6 is 11.3 Å². The molecule has 5 nitrogen and oxygen atoms in total. The zero-order valence-corrected chi connectivity index (χ0v) is 14.0. The fourth-order valence-corrected chi connectivity index (χ4v) is 3.45. The second kappa shape index (κ2) is 5.77. The van der Waals surface area contributed by atoms with Gasteiger partial charge in [-0.05, 0) is 27.7 Å². The molecular formula is C15H22N4OS. The maximum absolute atomic E-state index is 5.67. The van der Waals surface area contributed by atoms with Crippen molar-refractivity contribution in [1.82, 2.24) is 14.9 Å². The fourth-order valence-electron chi connectivity index (χ4n) is 2.49. The molecule has 3 rings (SSSR count). The highest BCUT2D eigenvalue weighted by atomic mass is 32.1. The summed E-state index contributed by atoms with van der Waals surface area (Å²) in [6, 6.07) is 0. The molecule has 6 heteroatoms. The number of anilines is 1. The van der Waals surface area contributed by atoms with E-state index in [0.29, 0.717) is 0 Å². The van der Waals surface area contributed by atoms with Crippen LogP contribution in [-0.4, -0.2) is 41.0 Å². The molecule has 0 spiro atoms. The van der Waals surface area contributed by atoms with Crippen LogP contribution in [0.1, 0.15) is 27.9 Å². The largest absolute Gasteiger partial charge is 0.444 e. The highest BCUT2D eigenvalue weighted by Crippen LogP contribution is 2.26. The van der Waals surface area contributed by atoms with Crippen LogP contribution in [0.25, 0.3) is 0 Å². The summed E-state index contributed by atoms with van der Waals surface area (Å²) in [6.07, 6.45) is 0. The number of rotatable bonds is 3. The number of nitrogens with zero attached hydrogens (tertiary/aromatic N) is 4. The van der Waals surface area contributed by atoms with Crippen molar-refractivity contribution < 1.29 is 4.42 Å². The Hall–Kier alpha value is -1.40. The summed E-state index contributed by atoms with van der Waals surface area (Å²) in [5.74, 6) is 1.76. The minimum Gasteiger partial charge on any atom is -0.444 e. The van der Waals surface area contributed by atoms with Gasteiger partial charge in [0.1, 0.15) is 5.76 Å². The predicted octanol–water partition coefficient (Wildman–Crippen LogP) is 2.69. The highest BCUT2D eigenvalue weighted by Gasteiger charge is 2.21. The van der Waals surface area contributed by atoms with Gasteiger partial charge in [0.2, 0.25) is 5.89 Å². The molecule has 0 saturated carbocycles. The van der Waals surface area contributed by atoms with Gasteiger partial charge in [-0.25, -0.2) is 9.97 Å². The van der Waals surface area contributed by atoms with Crippen molar-refractivity contribution in [3.63, 3.8) is 0 Å². The first-order valence-electron chi connectivity index (χ1n) is 7.37. The molecule has 1 saturated heterocycles. The van der Waals surface area contributed by atoms with Crippen molar-refractivity contribution >= 4 is 16.5 Å². The molecule has 2 aromatic rings. The predicted molar refractivity (Wildman–Crippen MR) is 85.1 cm³/mol. The van der Waals surface area contributed by atoms with Crippen LogP contribution in [0.3, 0.4) is 0 Å². The quantitative estimate of drug-likeness (QED) is 0.872. The van der Waals surface area contributed by atoms with Gasteiger partial charge in [0.05, 0.1) is 17.9 Å². The molecule has 1 aliphatic rings. The summed E-state index contributed by atoms with van der Waals surface area (Å²) in [5, 5.41) is 1.16. The van der Waals surface area contributed by atoms with E-state index in [1.165, 1.54) is 4.88 Å². The van der Waals surface area contributed by atoms with Crippen molar-refractivity contribution in [1.29, 1.82) is 0 Å². The van der Waals surface area contributed by atoms with E-state index in [1.54, 1.807) is 11.3 Å². The summed E-state index contributed by atoms with van der Waals surface area (Å²) in [7, 11) is 0. The van der Waals surface area contributed by atoms with Gasteiger partial charge in [-0.2, -0.15) is 0 Å². The van der Waals surface area contributed by atoms with Crippen molar-refractivity contribution in [3.05, 3.63) is 27.9 Å². The second-order valence-corrected chi connectivity index (χ2v) is 6.83. The van der Waals surface area contributed by atoms with E-state index < -0.39 is 0 Å². The standard InChI is InChI=1S/C15H22N4OS/c1-10-12(3)20-14(16-10)9-18-5-7-19(8-6-18)15-17-11(2)13(4)21-15/h5-9H2,1-4H3. The van der Waals surface area contributed by atoms with Crippen LogP contribution in [0.5, 0.6) is 0 Å². The first-order chi connectivity index (χ1) is 10.0. The van der Waals surface area contributed by atoms with Crippen LogP contribution in [0.4, 0.5) is 5.13 Å². The van der Waals surface area contributed by atoms with Crippen LogP contribution in [0, 0.1) is 27.7 Å². The zero-order valence-electron chi connectivity index (χ0n) is 13.1. The molecule has 114 valence electrons. The summed E-state index contributed by atoms with van der Waals surface area (Å²) >= 11 is 1.80. The summed E-state index contributed by atoms with van der Waals surface area (Å²) in [6.45, 7) is 13.1. The number of hydrogen-bond acceptors (Lipinski definition) is 6. The average Bonchev–Trinajstić information content (AvgIpc) is 2.94. The van der Waals surface area contributed by atoms with E-state index in [4.69, 9.17) is 4.42 Å². The molecule has 0 unspecified atom stereocenters. The number of aryl methyl sites for hydroxylation is 4. The lowest BCUT2D eigenvalue weighted by Crippen LogP contribution is -2.46. The molecule has 0 N–H and O–H groups in total. The third-order valence-corrected chi connectivity index (χ3v) is 5.23. The van der Waals surface area contributed by atoms with Crippen LogP contribution < -0.4 is 4.90 Å². The maximum atomic E-state index is 5.67. The Balaban J connectivity index is 1.57. The van der Waals surface area contributed by atoms with Gasteiger partial charge in [0, 0.05) is 31.1 Å². The topological polar surface area (TPSA) is 45.4 Å². The van der Waals surface area contributed by atoms with Crippen LogP contribution in [-0.2, 0) is 6.54 Å². The summed E-state index contributed by atoms with van der Waals surface area (Å²) in [4.78, 5) is 15.2. The monoisotopic (exact) mass is 306 g/mol. The Bertz CT molecular complexity index is 587. The summed E-state index contributed by atoms with van der Waals surface area (Å²) < 4.78 is 5.67. The van der Waals surface area contributed by atoms with Gasteiger partial charge in [-0.3, -0.25) is 4.90 Å². The fraction of sp³-hybridized carbons (Fsp3) is 0.600. The number of aromatic nitrogens is 2.